The molecule has 1 amide bonds. The highest BCUT2D eigenvalue weighted by atomic mass is 16.5. The van der Waals surface area contributed by atoms with Gasteiger partial charge in [0.2, 0.25) is 5.91 Å². The molecule has 0 aromatic carbocycles. The van der Waals surface area contributed by atoms with E-state index in [9.17, 15) is 9.59 Å². The van der Waals surface area contributed by atoms with Gasteiger partial charge in [0.25, 0.3) is 0 Å². The zero-order valence-electron chi connectivity index (χ0n) is 6.73. The van der Waals surface area contributed by atoms with Crippen LogP contribution in [0, 0.1) is 0 Å². The molecule has 0 heterocycles. The highest BCUT2D eigenvalue weighted by Gasteiger charge is 2.24. The van der Waals surface area contributed by atoms with Gasteiger partial charge in [-0.05, 0) is 0 Å². The number of carboxylic acid groups (broad SMARTS) is 1. The monoisotopic (exact) mass is 176 g/mol. The third-order valence-corrected chi connectivity index (χ3v) is 1.36. The van der Waals surface area contributed by atoms with Crippen molar-refractivity contribution in [2.24, 2.45) is 5.73 Å². The lowest BCUT2D eigenvalue weighted by molar-refractivity contribution is -0.170. The molecule has 6 heteroatoms. The number of likely N-dealkylation sites (N-methyl/N-ethyl adjacent to an activating group) is 1. The van der Waals surface area contributed by atoms with Crippen LogP contribution in [-0.4, -0.2) is 39.8 Å². The van der Waals surface area contributed by atoms with Crippen LogP contribution in [0.1, 0.15) is 13.3 Å². The van der Waals surface area contributed by atoms with Crippen LogP contribution >= 0.6 is 0 Å². The third-order valence-electron chi connectivity index (χ3n) is 1.36. The molecule has 4 N–H and O–H groups in total. The van der Waals surface area contributed by atoms with Gasteiger partial charge < -0.3 is 16.0 Å². The Bertz CT molecular complexity index is 182. The Morgan fingerprint density at radius 2 is 2.08 bits per heavy atom. The van der Waals surface area contributed by atoms with Crippen molar-refractivity contribution in [3.8, 4) is 0 Å². The van der Waals surface area contributed by atoms with Crippen LogP contribution in [0.15, 0.2) is 0 Å². The normalized spacial score (nSPS) is 12.9. The molecule has 1 unspecified atom stereocenters. The third kappa shape index (κ3) is 3.31. The number of rotatable bonds is 5. The molecule has 0 aliphatic rings. The first kappa shape index (κ1) is 10.9. The molecule has 0 aromatic heterocycles. The Labute approximate surface area is 69.5 Å². The Morgan fingerprint density at radius 1 is 1.58 bits per heavy atom. The summed E-state index contributed by atoms with van der Waals surface area (Å²) in [6.45, 7) is 1.70. The molecule has 0 aromatic rings. The smallest absolute Gasteiger partial charge is 0.323 e. The number of hydroxylamine groups is 2. The van der Waals surface area contributed by atoms with E-state index in [1.165, 1.54) is 0 Å². The summed E-state index contributed by atoms with van der Waals surface area (Å²) in [5, 5.41) is 18.1. The summed E-state index contributed by atoms with van der Waals surface area (Å²) in [6.07, 6.45) is -0.389. The van der Waals surface area contributed by atoms with E-state index in [0.29, 0.717) is 5.06 Å². The van der Waals surface area contributed by atoms with Gasteiger partial charge in [-0.1, -0.05) is 6.92 Å². The van der Waals surface area contributed by atoms with Gasteiger partial charge in [0.05, 0.1) is 6.42 Å². The highest BCUT2D eigenvalue weighted by molar-refractivity contribution is 5.83. The number of amides is 1. The minimum absolute atomic E-state index is 0.129. The van der Waals surface area contributed by atoms with Crippen LogP contribution < -0.4 is 5.73 Å². The van der Waals surface area contributed by atoms with Crippen molar-refractivity contribution < 1.29 is 19.9 Å². The SMILES string of the molecule is CCN(O)C(CC(N)=O)C(=O)O. The highest BCUT2D eigenvalue weighted by Crippen LogP contribution is 2.00. The standard InChI is InChI=1S/C6H12N2O4/c1-2-8(12)4(6(10)11)3-5(7)9/h4,12H,2-3H2,1H3,(H2,7,9)(H,10,11). The van der Waals surface area contributed by atoms with Gasteiger partial charge >= 0.3 is 5.97 Å². The number of hydrogen-bond donors (Lipinski definition) is 3. The molecule has 0 fully saturated rings. The van der Waals surface area contributed by atoms with E-state index >= 15 is 0 Å². The Hall–Kier alpha value is -1.14. The van der Waals surface area contributed by atoms with Crippen molar-refractivity contribution in [2.45, 2.75) is 19.4 Å². The molecule has 1 atom stereocenters. The van der Waals surface area contributed by atoms with E-state index in [-0.39, 0.29) is 13.0 Å². The van der Waals surface area contributed by atoms with Gasteiger partial charge in [0.15, 0.2) is 0 Å². The van der Waals surface area contributed by atoms with Gasteiger partial charge in [-0.25, -0.2) is 0 Å². The first-order valence-corrected chi connectivity index (χ1v) is 3.45. The molecule has 0 radical (unpaired) electrons. The van der Waals surface area contributed by atoms with Gasteiger partial charge in [-0.2, -0.15) is 5.06 Å². The van der Waals surface area contributed by atoms with Crippen molar-refractivity contribution in [3.05, 3.63) is 0 Å². The van der Waals surface area contributed by atoms with E-state index in [1.807, 2.05) is 0 Å². The Balaban J connectivity index is 4.22. The fourth-order valence-electron chi connectivity index (χ4n) is 0.731. The van der Waals surface area contributed by atoms with Crippen molar-refractivity contribution in [1.29, 1.82) is 0 Å². The van der Waals surface area contributed by atoms with E-state index in [4.69, 9.17) is 16.0 Å². The van der Waals surface area contributed by atoms with E-state index in [2.05, 4.69) is 0 Å². The number of nitrogens with zero attached hydrogens (tertiary/aromatic N) is 1. The van der Waals surface area contributed by atoms with Gasteiger partial charge in [-0.3, -0.25) is 9.59 Å². The first-order chi connectivity index (χ1) is 5.49. The molecule has 0 aliphatic carbocycles. The molecular formula is C6H12N2O4. The van der Waals surface area contributed by atoms with Crippen molar-refractivity contribution in [3.63, 3.8) is 0 Å². The fourth-order valence-corrected chi connectivity index (χ4v) is 0.731. The van der Waals surface area contributed by atoms with E-state index in [0.717, 1.165) is 0 Å². The lowest BCUT2D eigenvalue weighted by Crippen LogP contribution is -2.41. The Morgan fingerprint density at radius 3 is 2.33 bits per heavy atom. The summed E-state index contributed by atoms with van der Waals surface area (Å²) in [5.74, 6) is -2.02. The zero-order valence-corrected chi connectivity index (χ0v) is 6.73. The topological polar surface area (TPSA) is 104 Å². The van der Waals surface area contributed by atoms with Crippen LogP contribution in [0.4, 0.5) is 0 Å². The van der Waals surface area contributed by atoms with Crippen LogP contribution in [0.25, 0.3) is 0 Å². The second kappa shape index (κ2) is 4.68. The summed E-state index contributed by atoms with van der Waals surface area (Å²) in [7, 11) is 0. The summed E-state index contributed by atoms with van der Waals surface area (Å²) in [4.78, 5) is 20.8. The zero-order chi connectivity index (χ0) is 9.72. The molecule has 70 valence electrons. The van der Waals surface area contributed by atoms with Crippen LogP contribution in [0.3, 0.4) is 0 Å². The van der Waals surface area contributed by atoms with Crippen molar-refractivity contribution in [1.82, 2.24) is 5.06 Å². The van der Waals surface area contributed by atoms with E-state index < -0.39 is 17.9 Å². The average molecular weight is 176 g/mol. The van der Waals surface area contributed by atoms with Crippen LogP contribution in [0.2, 0.25) is 0 Å². The molecular weight excluding hydrogens is 164 g/mol. The van der Waals surface area contributed by atoms with Crippen LogP contribution in [-0.2, 0) is 9.59 Å². The maximum absolute atomic E-state index is 10.4. The number of hydrogen-bond acceptors (Lipinski definition) is 4. The molecule has 0 saturated carbocycles. The van der Waals surface area contributed by atoms with Crippen LogP contribution in [0.5, 0.6) is 0 Å². The van der Waals surface area contributed by atoms with Gasteiger partial charge in [-0.15, -0.1) is 0 Å². The molecule has 0 aliphatic heterocycles. The predicted octanol–water partition coefficient (Wildman–Crippen LogP) is -0.974. The maximum Gasteiger partial charge on any atom is 0.323 e. The number of aliphatic carboxylic acids is 1. The maximum atomic E-state index is 10.4. The number of carbonyl (C=O) groups is 2. The summed E-state index contributed by atoms with van der Waals surface area (Å²) in [5.41, 5.74) is 4.78. The summed E-state index contributed by atoms with van der Waals surface area (Å²) in [6, 6.07) is -1.24. The lowest BCUT2D eigenvalue weighted by Gasteiger charge is -2.19. The largest absolute Gasteiger partial charge is 0.480 e. The summed E-state index contributed by atoms with van der Waals surface area (Å²) < 4.78 is 0. The minimum Gasteiger partial charge on any atom is -0.480 e. The number of carbonyl (C=O) groups excluding carboxylic acids is 1. The lowest BCUT2D eigenvalue weighted by atomic mass is 10.2. The summed E-state index contributed by atoms with van der Waals surface area (Å²) >= 11 is 0. The molecule has 6 nitrogen and oxygen atoms in total. The molecule has 0 rings (SSSR count). The van der Waals surface area contributed by atoms with Crippen molar-refractivity contribution >= 4 is 11.9 Å². The quantitative estimate of drug-likeness (QED) is 0.467. The first-order valence-electron chi connectivity index (χ1n) is 3.45. The molecule has 0 saturated heterocycles. The van der Waals surface area contributed by atoms with Gasteiger partial charge in [0, 0.05) is 6.54 Å². The number of carboxylic acids is 1. The second-order valence-corrected chi connectivity index (χ2v) is 2.28. The Kier molecular flexibility index (Phi) is 4.24. The minimum atomic E-state index is -1.27. The van der Waals surface area contributed by atoms with Crippen molar-refractivity contribution in [2.75, 3.05) is 6.54 Å². The van der Waals surface area contributed by atoms with Gasteiger partial charge in [0.1, 0.15) is 6.04 Å². The number of nitrogens with two attached hydrogens (primary N) is 1. The number of primary amides is 1. The average Bonchev–Trinajstić information content (AvgIpc) is 1.98. The second-order valence-electron chi connectivity index (χ2n) is 2.28. The molecule has 0 spiro atoms. The predicted molar refractivity (Wildman–Crippen MR) is 39.4 cm³/mol. The molecule has 0 bridgehead atoms. The van der Waals surface area contributed by atoms with E-state index in [1.54, 1.807) is 6.92 Å². The molecule has 12 heavy (non-hydrogen) atoms. The fraction of sp³-hybridized carbons (Fsp3) is 0.667.